The molecule has 0 aromatic heterocycles. The maximum absolute atomic E-state index is 12.1. The van der Waals surface area contributed by atoms with Gasteiger partial charge in [0.15, 0.2) is 0 Å². The lowest BCUT2D eigenvalue weighted by atomic mass is 10.4. The molecule has 4 nitrogen and oxygen atoms in total. The largest absolute Gasteiger partial charge is 0.282 e. The zero-order valence-corrected chi connectivity index (χ0v) is 22.6. The van der Waals surface area contributed by atoms with E-state index in [-0.39, 0.29) is 31.0 Å². The summed E-state index contributed by atoms with van der Waals surface area (Å²) in [5.74, 6) is 2.21. The van der Waals surface area contributed by atoms with E-state index in [1.807, 2.05) is 0 Å². The summed E-state index contributed by atoms with van der Waals surface area (Å²) >= 11 is 6.26. The van der Waals surface area contributed by atoms with Crippen molar-refractivity contribution in [1.82, 2.24) is 0 Å². The molecule has 0 aliphatic carbocycles. The lowest BCUT2D eigenvalue weighted by Crippen LogP contribution is -2.19. The molecule has 9 heteroatoms. The second-order valence-corrected chi connectivity index (χ2v) is 12.5. The van der Waals surface area contributed by atoms with Crippen LogP contribution in [0.25, 0.3) is 0 Å². The van der Waals surface area contributed by atoms with Crippen LogP contribution in [0.3, 0.4) is 0 Å². The molecule has 0 aliphatic rings. The predicted molar refractivity (Wildman–Crippen MR) is 144 cm³/mol. The van der Waals surface area contributed by atoms with Crippen LogP contribution in [-0.2, 0) is 19.2 Å². The van der Waals surface area contributed by atoms with Crippen molar-refractivity contribution >= 4 is 79.3 Å². The van der Waals surface area contributed by atoms with E-state index in [9.17, 15) is 19.2 Å². The molecule has 0 aromatic rings. The first-order chi connectivity index (χ1) is 14.3. The van der Waals surface area contributed by atoms with Gasteiger partial charge in [0.1, 0.15) is 0 Å². The minimum absolute atomic E-state index is 0.0882. The van der Waals surface area contributed by atoms with Crippen LogP contribution >= 0.6 is 58.8 Å². The van der Waals surface area contributed by atoms with E-state index in [4.69, 9.17) is 0 Å². The van der Waals surface area contributed by atoms with Gasteiger partial charge in [-0.15, -0.1) is 0 Å². The van der Waals surface area contributed by atoms with Crippen LogP contribution in [0.1, 0.15) is 27.7 Å². The Hall–Kier alpha value is -0.610. The van der Waals surface area contributed by atoms with Crippen LogP contribution in [-0.4, -0.2) is 54.0 Å². The minimum atomic E-state index is -0.0973. The van der Waals surface area contributed by atoms with Crippen molar-refractivity contribution < 1.29 is 19.2 Å². The fourth-order valence-electron chi connectivity index (χ4n) is 1.65. The average Bonchev–Trinajstić information content (AvgIpc) is 2.68. The molecule has 0 aliphatic heterocycles. The van der Waals surface area contributed by atoms with Crippen LogP contribution < -0.4 is 0 Å². The summed E-state index contributed by atoms with van der Waals surface area (Å²) in [5.41, 5.74) is 1.88. The van der Waals surface area contributed by atoms with Crippen molar-refractivity contribution in [2.24, 2.45) is 0 Å². The summed E-state index contributed by atoms with van der Waals surface area (Å²) in [6, 6.07) is 0. The van der Waals surface area contributed by atoms with Gasteiger partial charge >= 0.3 is 0 Å². The molecule has 0 bridgehead atoms. The van der Waals surface area contributed by atoms with Gasteiger partial charge in [-0.3, -0.25) is 19.2 Å². The Morgan fingerprint density at radius 1 is 0.548 bits per heavy atom. The Kier molecular flexibility index (Phi) is 15.8. The maximum atomic E-state index is 12.1. The molecule has 0 spiro atoms. The Bertz CT molecular complexity index is 695. The molecule has 172 valence electrons. The molecule has 0 aromatic carbocycles. The van der Waals surface area contributed by atoms with Crippen molar-refractivity contribution in [3.8, 4) is 0 Å². The highest BCUT2D eigenvalue weighted by atomic mass is 32.2. The van der Waals surface area contributed by atoms with Gasteiger partial charge in [-0.2, -0.15) is 11.8 Å². The first-order valence-electron chi connectivity index (χ1n) is 9.31. The summed E-state index contributed by atoms with van der Waals surface area (Å²) in [6.07, 6.45) is 0. The third-order valence-corrected chi connectivity index (χ3v) is 10.3. The van der Waals surface area contributed by atoms with Crippen molar-refractivity contribution in [3.63, 3.8) is 0 Å². The summed E-state index contributed by atoms with van der Waals surface area (Å²) in [4.78, 5) is 48.0. The van der Waals surface area contributed by atoms with Crippen LogP contribution in [0.5, 0.6) is 0 Å². The van der Waals surface area contributed by atoms with Gasteiger partial charge < -0.3 is 0 Å². The lowest BCUT2D eigenvalue weighted by molar-refractivity contribution is -0.108. The molecule has 0 heterocycles. The number of rotatable bonds is 14. The van der Waals surface area contributed by atoms with Crippen LogP contribution in [0.15, 0.2) is 48.6 Å². The van der Waals surface area contributed by atoms with Crippen molar-refractivity contribution in [1.29, 1.82) is 0 Å². The molecule has 0 radical (unpaired) electrons. The van der Waals surface area contributed by atoms with Crippen LogP contribution in [0, 0.1) is 0 Å². The van der Waals surface area contributed by atoms with E-state index in [1.54, 1.807) is 39.5 Å². The topological polar surface area (TPSA) is 68.3 Å². The molecule has 2 unspecified atom stereocenters. The van der Waals surface area contributed by atoms with E-state index < -0.39 is 0 Å². The predicted octanol–water partition coefficient (Wildman–Crippen LogP) is 5.80. The van der Waals surface area contributed by atoms with Gasteiger partial charge in [0.05, 0.1) is 0 Å². The van der Waals surface area contributed by atoms with E-state index in [2.05, 4.69) is 26.3 Å². The van der Waals surface area contributed by atoms with E-state index in [1.165, 1.54) is 23.5 Å². The fourth-order valence-corrected chi connectivity index (χ4v) is 7.33. The second-order valence-electron chi connectivity index (χ2n) is 6.91. The van der Waals surface area contributed by atoms with Gasteiger partial charge in [0.2, 0.25) is 20.5 Å². The van der Waals surface area contributed by atoms with Crippen molar-refractivity contribution in [2.75, 3.05) is 23.0 Å². The van der Waals surface area contributed by atoms with Gasteiger partial charge in [-0.1, -0.05) is 73.4 Å². The molecule has 31 heavy (non-hydrogen) atoms. The first kappa shape index (κ1) is 30.4. The Morgan fingerprint density at radius 3 is 1.10 bits per heavy atom. The normalized spacial score (nSPS) is 12.5. The van der Waals surface area contributed by atoms with Crippen molar-refractivity contribution in [3.05, 3.63) is 48.6 Å². The summed E-state index contributed by atoms with van der Waals surface area (Å²) in [5, 5.41) is -0.550. The maximum Gasteiger partial charge on any atom is 0.214 e. The zero-order valence-electron chi connectivity index (χ0n) is 18.5. The molecule has 0 fully saturated rings. The average molecular weight is 519 g/mol. The Labute approximate surface area is 207 Å². The van der Waals surface area contributed by atoms with Gasteiger partial charge in [0.25, 0.3) is 0 Å². The monoisotopic (exact) mass is 518 g/mol. The quantitative estimate of drug-likeness (QED) is 0.265. The van der Waals surface area contributed by atoms with Gasteiger partial charge in [-0.05, 0) is 50.0 Å². The highest BCUT2D eigenvalue weighted by Crippen LogP contribution is 2.29. The molecular weight excluding hydrogens is 489 g/mol. The second kappa shape index (κ2) is 16.1. The van der Waals surface area contributed by atoms with Crippen molar-refractivity contribution in [2.45, 2.75) is 38.2 Å². The molecule has 0 saturated carbocycles. The molecule has 0 saturated heterocycles. The Balaban J connectivity index is 5.00. The van der Waals surface area contributed by atoms with Gasteiger partial charge in [-0.25, -0.2) is 0 Å². The zero-order chi connectivity index (χ0) is 24.1. The molecule has 2 atom stereocenters. The van der Waals surface area contributed by atoms with Crippen LogP contribution in [0.4, 0.5) is 0 Å². The van der Waals surface area contributed by atoms with E-state index in [0.29, 0.717) is 45.3 Å². The van der Waals surface area contributed by atoms with E-state index >= 15 is 0 Å². The molecule has 0 N–H and O–H groups in total. The first-order valence-corrected chi connectivity index (χ1v) is 14.2. The SMILES string of the molecule is C=C(C)C(=O)SCC(CSCC(CSC(=O)C(=C)C)SC(=O)C(=C)C)SC(=O)C(=C)C. The lowest BCUT2D eigenvalue weighted by Gasteiger charge is -2.18. The number of thioether (sulfide) groups is 5. The number of hydrogen-bond acceptors (Lipinski definition) is 9. The molecule has 0 rings (SSSR count). The fraction of sp³-hybridized carbons (Fsp3) is 0.455. The number of carbonyl (C=O) groups excluding carboxylic acids is 4. The highest BCUT2D eigenvalue weighted by molar-refractivity contribution is 8.19. The third kappa shape index (κ3) is 14.2. The smallest absolute Gasteiger partial charge is 0.214 e. The Morgan fingerprint density at radius 2 is 0.839 bits per heavy atom. The third-order valence-electron chi connectivity index (χ3n) is 3.35. The molecule has 0 amide bonds. The number of carbonyl (C=O) groups is 4. The summed E-state index contributed by atoms with van der Waals surface area (Å²) in [6.45, 7) is 21.3. The summed E-state index contributed by atoms with van der Waals surface area (Å²) in [7, 11) is 0. The van der Waals surface area contributed by atoms with Crippen LogP contribution in [0.2, 0.25) is 0 Å². The highest BCUT2D eigenvalue weighted by Gasteiger charge is 2.21. The van der Waals surface area contributed by atoms with Gasteiger partial charge in [0, 0.05) is 33.5 Å². The molecular formula is C22H30O4S5. The standard InChI is InChI=1S/C22H30O4S5/c1-13(2)19(23)28-11-17(30-21(25)15(5)6)9-27-10-18(31-22(26)16(7)8)12-29-20(24)14(3)4/h17-18H,1,3,5,7,9-12H2,2,4,6,8H3. The van der Waals surface area contributed by atoms with E-state index in [0.717, 1.165) is 23.5 Å². The number of hydrogen-bond donors (Lipinski definition) is 0. The summed E-state index contributed by atoms with van der Waals surface area (Å²) < 4.78 is 0. The minimum Gasteiger partial charge on any atom is -0.282 e.